The molecular weight excluding hydrogens is 624 g/mol. The zero-order chi connectivity index (χ0) is 35.7. The molecule has 0 aromatic rings. The van der Waals surface area contributed by atoms with Crippen LogP contribution in [0, 0.1) is 28.1 Å². The van der Waals surface area contributed by atoms with Gasteiger partial charge >= 0.3 is 6.03 Å². The van der Waals surface area contributed by atoms with Gasteiger partial charge in [-0.3, -0.25) is 19.2 Å². The highest BCUT2D eigenvalue weighted by Crippen LogP contribution is 2.65. The average Bonchev–Trinajstić information content (AvgIpc) is 3.25. The predicted molar refractivity (Wildman–Crippen MR) is 179 cm³/mol. The summed E-state index contributed by atoms with van der Waals surface area (Å²) in [5.41, 5.74) is -1.45. The quantitative estimate of drug-likeness (QED) is 0.170. The molecule has 3 aliphatic rings. The van der Waals surface area contributed by atoms with E-state index >= 15 is 0 Å². The molecule has 14 heteroatoms. The van der Waals surface area contributed by atoms with E-state index in [9.17, 15) is 32.4 Å². The number of fused-ring (bicyclic) bond motifs is 1. The smallest absolute Gasteiger partial charge is 0.315 e. The molecule has 5 amide bonds. The minimum Gasteiger partial charge on any atom is -0.346 e. The molecule has 6 atom stereocenters. The molecule has 0 radical (unpaired) electrons. The summed E-state index contributed by atoms with van der Waals surface area (Å²) in [5, 5.41) is 11.0. The molecule has 0 spiro atoms. The number of carbonyl (C=O) groups excluding carboxylic acids is 5. The van der Waals surface area contributed by atoms with Gasteiger partial charge in [0.1, 0.15) is 12.1 Å². The Hall–Kier alpha value is -3.00. The fourth-order valence-corrected chi connectivity index (χ4v) is 8.36. The summed E-state index contributed by atoms with van der Waals surface area (Å²) >= 11 is 0. The van der Waals surface area contributed by atoms with Gasteiger partial charge in [0.2, 0.25) is 27.6 Å². The Morgan fingerprint density at radius 2 is 1.64 bits per heavy atom. The lowest BCUT2D eigenvalue weighted by Crippen LogP contribution is -2.62. The van der Waals surface area contributed by atoms with E-state index in [0.29, 0.717) is 25.9 Å². The molecule has 0 aromatic heterocycles. The van der Waals surface area contributed by atoms with E-state index in [4.69, 9.17) is 0 Å². The maximum atomic E-state index is 14.3. The van der Waals surface area contributed by atoms with Crippen LogP contribution in [0.3, 0.4) is 0 Å². The van der Waals surface area contributed by atoms with Crippen LogP contribution in [-0.2, 0) is 29.2 Å². The molecule has 0 aromatic carbocycles. The van der Waals surface area contributed by atoms with Crippen LogP contribution in [-0.4, -0.2) is 103 Å². The number of nitrogens with zero attached hydrogens (tertiary/aromatic N) is 2. The second kappa shape index (κ2) is 14.2. The predicted octanol–water partition coefficient (Wildman–Crippen LogP) is 1.79. The minimum atomic E-state index is -3.39. The highest BCUT2D eigenvalue weighted by atomic mass is 32.2. The molecule has 3 rings (SSSR count). The maximum Gasteiger partial charge on any atom is 0.315 e. The van der Waals surface area contributed by atoms with E-state index in [-0.39, 0.29) is 42.5 Å². The Balaban J connectivity index is 1.82. The summed E-state index contributed by atoms with van der Waals surface area (Å²) in [7, 11) is -3.39. The number of sulfonamides is 1. The fraction of sp³-hybridized carbons (Fsp3) is 0.788. The molecule has 2 saturated heterocycles. The molecule has 1 unspecified atom stereocenters. The largest absolute Gasteiger partial charge is 0.346 e. The van der Waals surface area contributed by atoms with Crippen LogP contribution in [0.1, 0.15) is 81.6 Å². The summed E-state index contributed by atoms with van der Waals surface area (Å²) in [6, 6.07) is -4.11. The minimum absolute atomic E-state index is 0.0561. The van der Waals surface area contributed by atoms with Crippen LogP contribution >= 0.6 is 0 Å². The van der Waals surface area contributed by atoms with Crippen LogP contribution in [0.4, 0.5) is 4.79 Å². The molecule has 1 saturated carbocycles. The van der Waals surface area contributed by atoms with Gasteiger partial charge in [-0.2, -0.15) is 4.31 Å². The molecule has 0 bridgehead atoms. The van der Waals surface area contributed by atoms with Crippen molar-refractivity contribution in [1.82, 2.24) is 30.5 Å². The first-order chi connectivity index (χ1) is 21.6. The monoisotopic (exact) mass is 680 g/mol. The number of rotatable bonds is 13. The van der Waals surface area contributed by atoms with Crippen molar-refractivity contribution in [3.8, 4) is 0 Å². The number of urea groups is 1. The van der Waals surface area contributed by atoms with Crippen LogP contribution in [0.5, 0.6) is 0 Å². The van der Waals surface area contributed by atoms with Gasteiger partial charge in [-0.15, -0.1) is 6.58 Å². The summed E-state index contributed by atoms with van der Waals surface area (Å²) in [5.74, 6) is -2.52. The van der Waals surface area contributed by atoms with Gasteiger partial charge in [-0.25, -0.2) is 13.2 Å². The Morgan fingerprint density at radius 3 is 2.15 bits per heavy atom. The van der Waals surface area contributed by atoms with Crippen LogP contribution in [0.25, 0.3) is 0 Å². The standard InChI is InChI=1S/C33H56N6O7S/c1-11-14-21(25(40)28(42)34-15-12-2)35-27(41)24-23-20(33(23,9)10)18-39(24)29(43)26(32(6,7)8)37-30(44)36-22(31(3,4)5)19-38-16-13-17-47(38,45)46/h12,20-24,26H,2,11,13-19H2,1,3-10H3,(H,34,42)(H,35,41)(H2,36,37,44)/t20-,21?,22+,23-,24-,26+/m0/s1. The molecule has 13 nitrogen and oxygen atoms in total. The van der Waals surface area contributed by atoms with E-state index in [1.165, 1.54) is 15.3 Å². The third-order valence-corrected chi connectivity index (χ3v) is 11.9. The zero-order valence-corrected chi connectivity index (χ0v) is 30.4. The SMILES string of the molecule is C=CCNC(=O)C(=O)C(CCC)NC(=O)[C@@H]1[C@@H]2[C@H](CN1C(=O)[C@@H](NC(=O)N[C@H](CN1CCCS1(=O)=O)C(C)(C)C)C(C)(C)C)C2(C)C. The average molecular weight is 681 g/mol. The number of ketones is 1. The van der Waals surface area contributed by atoms with Gasteiger partial charge in [0, 0.05) is 32.2 Å². The van der Waals surface area contributed by atoms with Gasteiger partial charge in [0.15, 0.2) is 0 Å². The number of amides is 5. The Bertz CT molecular complexity index is 1350. The highest BCUT2D eigenvalue weighted by Gasteiger charge is 2.70. The second-order valence-electron chi connectivity index (χ2n) is 16.0. The van der Waals surface area contributed by atoms with Crippen LogP contribution < -0.4 is 21.3 Å². The summed E-state index contributed by atoms with van der Waals surface area (Å²) in [4.78, 5) is 68.6. The number of hydrogen-bond donors (Lipinski definition) is 4. The Labute approximate surface area is 280 Å². The second-order valence-corrected chi connectivity index (χ2v) is 18.1. The van der Waals surface area contributed by atoms with Gasteiger partial charge in [0.05, 0.1) is 11.8 Å². The molecule has 266 valence electrons. The summed E-state index contributed by atoms with van der Waals surface area (Å²) in [6.45, 7) is 21.6. The van der Waals surface area contributed by atoms with Crippen molar-refractivity contribution in [2.45, 2.75) is 106 Å². The van der Waals surface area contributed by atoms with Crippen LogP contribution in [0.2, 0.25) is 0 Å². The first-order valence-corrected chi connectivity index (χ1v) is 18.3. The molecule has 1 aliphatic carbocycles. The summed E-state index contributed by atoms with van der Waals surface area (Å²) < 4.78 is 26.4. The lowest BCUT2D eigenvalue weighted by Gasteiger charge is -2.39. The molecule has 3 fully saturated rings. The van der Waals surface area contributed by atoms with Crippen molar-refractivity contribution in [3.63, 3.8) is 0 Å². The molecule has 2 heterocycles. The van der Waals surface area contributed by atoms with Crippen molar-refractivity contribution >= 4 is 39.6 Å². The molecule has 47 heavy (non-hydrogen) atoms. The Morgan fingerprint density at radius 1 is 1.00 bits per heavy atom. The van der Waals surface area contributed by atoms with E-state index in [1.807, 2.05) is 62.3 Å². The van der Waals surface area contributed by atoms with E-state index < -0.39 is 74.6 Å². The van der Waals surface area contributed by atoms with E-state index in [1.54, 1.807) is 0 Å². The first-order valence-electron chi connectivity index (χ1n) is 16.7. The number of carbonyl (C=O) groups is 5. The Kier molecular flexibility index (Phi) is 11.6. The first kappa shape index (κ1) is 38.4. The lowest BCUT2D eigenvalue weighted by atomic mass is 9.85. The third kappa shape index (κ3) is 8.73. The molecular formula is C33H56N6O7S. The highest BCUT2D eigenvalue weighted by molar-refractivity contribution is 7.89. The lowest BCUT2D eigenvalue weighted by molar-refractivity contribution is -0.145. The van der Waals surface area contributed by atoms with Crippen molar-refractivity contribution in [3.05, 3.63) is 12.7 Å². The van der Waals surface area contributed by atoms with Crippen molar-refractivity contribution < 1.29 is 32.4 Å². The van der Waals surface area contributed by atoms with E-state index in [0.717, 1.165) is 0 Å². The third-order valence-electron chi connectivity index (χ3n) is 9.93. The topological polar surface area (TPSA) is 174 Å². The van der Waals surface area contributed by atoms with Gasteiger partial charge in [-0.05, 0) is 40.9 Å². The number of likely N-dealkylation sites (tertiary alicyclic amines) is 1. The number of Topliss-reactive ketones (excluding diaryl/α,β-unsaturated/α-hetero) is 1. The molecule has 2 aliphatic heterocycles. The number of nitrogens with one attached hydrogen (secondary N) is 4. The van der Waals surface area contributed by atoms with E-state index in [2.05, 4.69) is 27.8 Å². The molecule has 4 N–H and O–H groups in total. The summed E-state index contributed by atoms with van der Waals surface area (Å²) in [6.07, 6.45) is 2.78. The van der Waals surface area contributed by atoms with Crippen molar-refractivity contribution in [2.75, 3.05) is 31.9 Å². The van der Waals surface area contributed by atoms with Gasteiger partial charge < -0.3 is 26.2 Å². The van der Waals surface area contributed by atoms with Crippen molar-refractivity contribution in [1.29, 1.82) is 0 Å². The number of piperidine rings is 1. The van der Waals surface area contributed by atoms with Gasteiger partial charge in [-0.1, -0.05) is 74.8 Å². The fourth-order valence-electron chi connectivity index (χ4n) is 6.82. The normalized spacial score (nSPS) is 25.1. The zero-order valence-electron chi connectivity index (χ0n) is 29.6. The van der Waals surface area contributed by atoms with Gasteiger partial charge in [0.25, 0.3) is 5.91 Å². The van der Waals surface area contributed by atoms with Crippen molar-refractivity contribution in [2.24, 2.45) is 28.1 Å². The van der Waals surface area contributed by atoms with Crippen LogP contribution in [0.15, 0.2) is 12.7 Å². The number of hydrogen-bond acceptors (Lipinski definition) is 7. The maximum absolute atomic E-state index is 14.3.